The molecule has 21 heavy (non-hydrogen) atoms. The lowest BCUT2D eigenvalue weighted by Crippen LogP contribution is -2.41. The number of carboxylic acid groups (broad SMARTS) is 1. The van der Waals surface area contributed by atoms with E-state index in [1.807, 2.05) is 0 Å². The molecule has 114 valence electrons. The molecule has 2 N–H and O–H groups in total. The molecule has 0 bridgehead atoms. The SMILES string of the molecule is CCC1CCN(C(=O)Nc2c(Br)cccc2C(=O)O)CC1. The minimum atomic E-state index is -1.06. The van der Waals surface area contributed by atoms with Crippen LogP contribution in [0.1, 0.15) is 36.5 Å². The first kappa shape index (κ1) is 15.8. The lowest BCUT2D eigenvalue weighted by molar-refractivity contribution is 0.0698. The third-order valence-corrected chi connectivity index (χ3v) is 4.62. The molecule has 1 aliphatic heterocycles. The zero-order chi connectivity index (χ0) is 15.4. The van der Waals surface area contributed by atoms with E-state index in [1.165, 1.54) is 6.07 Å². The first-order valence-electron chi connectivity index (χ1n) is 7.10. The minimum absolute atomic E-state index is 0.0844. The second-order valence-corrected chi connectivity index (χ2v) is 6.09. The van der Waals surface area contributed by atoms with Crippen molar-refractivity contribution >= 4 is 33.6 Å². The van der Waals surface area contributed by atoms with E-state index in [1.54, 1.807) is 17.0 Å². The summed E-state index contributed by atoms with van der Waals surface area (Å²) in [5, 5.41) is 11.9. The largest absolute Gasteiger partial charge is 0.478 e. The lowest BCUT2D eigenvalue weighted by Gasteiger charge is -2.31. The zero-order valence-electron chi connectivity index (χ0n) is 11.9. The molecular formula is C15H19BrN2O3. The Morgan fingerprint density at radius 1 is 1.38 bits per heavy atom. The van der Waals surface area contributed by atoms with E-state index in [0.717, 1.165) is 32.4 Å². The molecule has 1 aliphatic rings. The Hall–Kier alpha value is -1.56. The van der Waals surface area contributed by atoms with Crippen LogP contribution in [0, 0.1) is 5.92 Å². The summed E-state index contributed by atoms with van der Waals surface area (Å²) >= 11 is 3.29. The van der Waals surface area contributed by atoms with E-state index in [2.05, 4.69) is 28.2 Å². The van der Waals surface area contributed by atoms with Gasteiger partial charge in [-0.1, -0.05) is 19.4 Å². The first-order valence-corrected chi connectivity index (χ1v) is 7.90. The van der Waals surface area contributed by atoms with Crippen LogP contribution in [0.2, 0.25) is 0 Å². The van der Waals surface area contributed by atoms with E-state index in [9.17, 15) is 14.7 Å². The molecule has 5 nitrogen and oxygen atoms in total. The van der Waals surface area contributed by atoms with Crippen LogP contribution in [-0.4, -0.2) is 35.1 Å². The third-order valence-electron chi connectivity index (χ3n) is 3.96. The number of nitrogens with one attached hydrogen (secondary N) is 1. The van der Waals surface area contributed by atoms with E-state index >= 15 is 0 Å². The fourth-order valence-corrected chi connectivity index (χ4v) is 3.03. The highest BCUT2D eigenvalue weighted by molar-refractivity contribution is 9.10. The molecule has 0 aromatic heterocycles. The maximum Gasteiger partial charge on any atom is 0.337 e. The number of likely N-dealkylation sites (tertiary alicyclic amines) is 1. The number of para-hydroxylation sites is 1. The Labute approximate surface area is 132 Å². The maximum atomic E-state index is 12.3. The van der Waals surface area contributed by atoms with E-state index in [4.69, 9.17) is 0 Å². The van der Waals surface area contributed by atoms with E-state index in [-0.39, 0.29) is 11.6 Å². The van der Waals surface area contributed by atoms with Crippen molar-refractivity contribution in [3.05, 3.63) is 28.2 Å². The van der Waals surface area contributed by atoms with Gasteiger partial charge in [-0.15, -0.1) is 0 Å². The smallest absolute Gasteiger partial charge is 0.337 e. The number of hydrogen-bond donors (Lipinski definition) is 2. The van der Waals surface area contributed by atoms with Gasteiger partial charge in [0, 0.05) is 17.6 Å². The standard InChI is InChI=1S/C15H19BrN2O3/c1-2-10-6-8-18(9-7-10)15(21)17-13-11(14(19)20)4-3-5-12(13)16/h3-5,10H,2,6-9H2,1H3,(H,17,21)(H,19,20). The molecule has 0 unspecified atom stereocenters. The molecule has 1 saturated heterocycles. The van der Waals surface area contributed by atoms with Crippen LogP contribution in [0.25, 0.3) is 0 Å². The van der Waals surface area contributed by atoms with Crippen molar-refractivity contribution in [3.8, 4) is 0 Å². The molecule has 6 heteroatoms. The van der Waals surface area contributed by atoms with Gasteiger partial charge < -0.3 is 15.3 Å². The van der Waals surface area contributed by atoms with Crippen LogP contribution < -0.4 is 5.32 Å². The zero-order valence-corrected chi connectivity index (χ0v) is 13.5. The normalized spacial score (nSPS) is 15.8. The van der Waals surface area contributed by atoms with Crippen molar-refractivity contribution in [2.75, 3.05) is 18.4 Å². The van der Waals surface area contributed by atoms with E-state index in [0.29, 0.717) is 16.1 Å². The summed E-state index contributed by atoms with van der Waals surface area (Å²) in [6, 6.07) is 4.59. The van der Waals surface area contributed by atoms with Gasteiger partial charge in [-0.3, -0.25) is 0 Å². The number of benzene rings is 1. The number of hydrogen-bond acceptors (Lipinski definition) is 2. The molecule has 1 heterocycles. The number of carboxylic acids is 1. The van der Waals surface area contributed by atoms with Gasteiger partial charge in [-0.05, 0) is 46.8 Å². The summed E-state index contributed by atoms with van der Waals surface area (Å²) in [5.41, 5.74) is 0.397. The fraction of sp³-hybridized carbons (Fsp3) is 0.467. The number of amides is 2. The highest BCUT2D eigenvalue weighted by Crippen LogP contribution is 2.27. The molecule has 2 rings (SSSR count). The molecule has 2 amide bonds. The second kappa shape index (κ2) is 6.93. The number of rotatable bonds is 3. The molecule has 0 atom stereocenters. The van der Waals surface area contributed by atoms with Crippen LogP contribution in [0.15, 0.2) is 22.7 Å². The summed E-state index contributed by atoms with van der Waals surface area (Å²) in [6.45, 7) is 3.61. The first-order chi connectivity index (χ1) is 10.0. The van der Waals surface area contributed by atoms with Crippen molar-refractivity contribution in [1.82, 2.24) is 4.90 Å². The highest BCUT2D eigenvalue weighted by atomic mass is 79.9. The summed E-state index contributed by atoms with van der Waals surface area (Å²) in [4.78, 5) is 25.3. The third kappa shape index (κ3) is 3.75. The van der Waals surface area contributed by atoms with Crippen molar-refractivity contribution in [3.63, 3.8) is 0 Å². The molecule has 1 aromatic carbocycles. The van der Waals surface area contributed by atoms with Gasteiger partial charge in [0.2, 0.25) is 0 Å². The number of anilines is 1. The Balaban J connectivity index is 2.08. The quantitative estimate of drug-likeness (QED) is 0.867. The average molecular weight is 355 g/mol. The van der Waals surface area contributed by atoms with Gasteiger partial charge in [-0.25, -0.2) is 9.59 Å². The average Bonchev–Trinajstić information content (AvgIpc) is 2.49. The number of carbonyl (C=O) groups excluding carboxylic acids is 1. The van der Waals surface area contributed by atoms with Gasteiger partial charge in [0.1, 0.15) is 0 Å². The number of piperidine rings is 1. The Morgan fingerprint density at radius 2 is 2.05 bits per heavy atom. The van der Waals surface area contributed by atoms with Gasteiger partial charge >= 0.3 is 12.0 Å². The Bertz CT molecular complexity index is 540. The van der Waals surface area contributed by atoms with Gasteiger partial charge in [0.15, 0.2) is 0 Å². The number of aromatic carboxylic acids is 1. The van der Waals surface area contributed by atoms with Crippen LogP contribution in [0.3, 0.4) is 0 Å². The van der Waals surface area contributed by atoms with Crippen LogP contribution in [0.4, 0.5) is 10.5 Å². The lowest BCUT2D eigenvalue weighted by atomic mass is 9.95. The number of carbonyl (C=O) groups is 2. The monoisotopic (exact) mass is 354 g/mol. The van der Waals surface area contributed by atoms with Crippen molar-refractivity contribution in [2.45, 2.75) is 26.2 Å². The number of urea groups is 1. The summed E-state index contributed by atoms with van der Waals surface area (Å²) < 4.78 is 0.569. The second-order valence-electron chi connectivity index (χ2n) is 5.24. The van der Waals surface area contributed by atoms with Gasteiger partial charge in [0.05, 0.1) is 11.3 Å². The summed E-state index contributed by atoms with van der Waals surface area (Å²) in [7, 11) is 0. The van der Waals surface area contributed by atoms with Crippen LogP contribution in [0.5, 0.6) is 0 Å². The minimum Gasteiger partial charge on any atom is -0.478 e. The number of nitrogens with zero attached hydrogens (tertiary/aromatic N) is 1. The molecule has 0 aliphatic carbocycles. The predicted molar refractivity (Wildman–Crippen MR) is 84.7 cm³/mol. The highest BCUT2D eigenvalue weighted by Gasteiger charge is 2.23. The molecule has 0 spiro atoms. The van der Waals surface area contributed by atoms with Crippen molar-refractivity contribution in [2.24, 2.45) is 5.92 Å². The number of halogens is 1. The summed E-state index contributed by atoms with van der Waals surface area (Å²) in [6.07, 6.45) is 3.15. The van der Waals surface area contributed by atoms with Gasteiger partial charge in [-0.2, -0.15) is 0 Å². The maximum absolute atomic E-state index is 12.3. The molecule has 1 aromatic rings. The fourth-order valence-electron chi connectivity index (χ4n) is 2.56. The van der Waals surface area contributed by atoms with Crippen molar-refractivity contribution in [1.29, 1.82) is 0 Å². The predicted octanol–water partition coefficient (Wildman–Crippen LogP) is 3.80. The van der Waals surface area contributed by atoms with Crippen LogP contribution in [-0.2, 0) is 0 Å². The Morgan fingerprint density at radius 3 is 2.62 bits per heavy atom. The van der Waals surface area contributed by atoms with Crippen molar-refractivity contribution < 1.29 is 14.7 Å². The molecular weight excluding hydrogens is 336 g/mol. The molecule has 0 radical (unpaired) electrons. The summed E-state index contributed by atoms with van der Waals surface area (Å²) in [5.74, 6) is -0.372. The van der Waals surface area contributed by atoms with Crippen LogP contribution >= 0.6 is 15.9 Å². The molecule has 0 saturated carbocycles. The van der Waals surface area contributed by atoms with E-state index < -0.39 is 5.97 Å². The topological polar surface area (TPSA) is 69.6 Å². The Kier molecular flexibility index (Phi) is 5.22. The van der Waals surface area contributed by atoms with Gasteiger partial charge in [0.25, 0.3) is 0 Å². The molecule has 1 fully saturated rings.